The fraction of sp³-hybridized carbons (Fsp3) is 0.214. The van der Waals surface area contributed by atoms with E-state index in [2.05, 4.69) is 29.6 Å². The number of para-hydroxylation sites is 1. The maximum absolute atomic E-state index is 11.7. The number of hydrogen-bond acceptors (Lipinski definition) is 6. The first-order chi connectivity index (χ1) is 17.9. The molecule has 7 nitrogen and oxygen atoms in total. The van der Waals surface area contributed by atoms with Crippen LogP contribution in [0.4, 0.5) is 17.1 Å². The summed E-state index contributed by atoms with van der Waals surface area (Å²) in [7, 11) is 0. The van der Waals surface area contributed by atoms with Crippen LogP contribution in [0.25, 0.3) is 10.8 Å². The van der Waals surface area contributed by atoms with Crippen molar-refractivity contribution in [2.24, 2.45) is 5.92 Å². The van der Waals surface area contributed by atoms with Gasteiger partial charge in [0.25, 0.3) is 11.4 Å². The molecule has 5 atom stereocenters. The van der Waals surface area contributed by atoms with Crippen LogP contribution in [0.15, 0.2) is 89.8 Å². The minimum absolute atomic E-state index is 0.00415. The molecule has 4 aromatic carbocycles. The molecular weight excluding hydrogens is 510 g/mol. The molecular formula is C28H22ClN3O4S. The quantitative estimate of drug-likeness (QED) is 0.161. The van der Waals surface area contributed by atoms with Gasteiger partial charge in [-0.2, -0.15) is 0 Å². The summed E-state index contributed by atoms with van der Waals surface area (Å²) in [6, 6.07) is 25.8. The van der Waals surface area contributed by atoms with E-state index in [0.29, 0.717) is 4.90 Å². The molecule has 4 aromatic rings. The van der Waals surface area contributed by atoms with E-state index in [9.17, 15) is 20.2 Å². The Hall–Kier alpha value is -3.62. The van der Waals surface area contributed by atoms with Crippen molar-refractivity contribution in [1.82, 2.24) is 0 Å². The Balaban J connectivity index is 1.44. The summed E-state index contributed by atoms with van der Waals surface area (Å²) < 4.78 is 0. The standard InChI is InChI=1S/C28H22ClN3O4S/c29-27-24(37-23-8-4-3-7-22(23)32(35)36)15-20-26(27)25-19-6-2-1-5-16(19)11-14-21(25)30-28(20)17-9-12-18(13-10-17)31(33)34/h1-14,20,24,26-28,30H,15H2/t20-,24-,26+,27-,28-/m0/s1. The number of nitrogens with one attached hydrogen (secondary N) is 1. The van der Waals surface area contributed by atoms with Gasteiger partial charge in [-0.3, -0.25) is 20.2 Å². The smallest absolute Gasteiger partial charge is 0.282 e. The zero-order valence-electron chi connectivity index (χ0n) is 19.5. The third kappa shape index (κ3) is 4.10. The minimum atomic E-state index is -0.397. The van der Waals surface area contributed by atoms with Crippen molar-refractivity contribution in [3.63, 3.8) is 0 Å². The van der Waals surface area contributed by atoms with Crippen molar-refractivity contribution < 1.29 is 9.85 Å². The summed E-state index contributed by atoms with van der Waals surface area (Å²) >= 11 is 8.75. The van der Waals surface area contributed by atoms with Gasteiger partial charge in [0.2, 0.25) is 0 Å². The van der Waals surface area contributed by atoms with Crippen LogP contribution in [0.1, 0.15) is 29.5 Å². The number of alkyl halides is 1. The third-order valence-electron chi connectivity index (χ3n) is 7.51. The maximum Gasteiger partial charge on any atom is 0.282 e. The van der Waals surface area contributed by atoms with Gasteiger partial charge in [-0.1, -0.05) is 54.6 Å². The highest BCUT2D eigenvalue weighted by Gasteiger charge is 2.51. The number of non-ortho nitro benzene ring substituents is 1. The van der Waals surface area contributed by atoms with Crippen molar-refractivity contribution in [3.05, 3.63) is 116 Å². The Morgan fingerprint density at radius 2 is 1.59 bits per heavy atom. The van der Waals surface area contributed by atoms with Gasteiger partial charge in [-0.25, -0.2) is 0 Å². The number of benzene rings is 4. The first-order valence-corrected chi connectivity index (χ1v) is 13.3. The van der Waals surface area contributed by atoms with E-state index in [4.69, 9.17) is 11.6 Å². The van der Waals surface area contributed by atoms with Crippen LogP contribution in [0.5, 0.6) is 0 Å². The lowest BCUT2D eigenvalue weighted by Crippen LogP contribution is -2.31. The molecule has 1 N–H and O–H groups in total. The normalized spacial score (nSPS) is 24.2. The summed E-state index contributed by atoms with van der Waals surface area (Å²) in [4.78, 5) is 22.7. The third-order valence-corrected chi connectivity index (χ3v) is 9.62. The lowest BCUT2D eigenvalue weighted by Gasteiger charge is -2.39. The highest BCUT2D eigenvalue weighted by Crippen LogP contribution is 2.59. The molecule has 0 aromatic heterocycles. The molecule has 0 amide bonds. The molecule has 0 bridgehead atoms. The zero-order chi connectivity index (χ0) is 25.7. The fourth-order valence-corrected chi connectivity index (χ4v) is 7.84. The largest absolute Gasteiger partial charge is 0.378 e. The van der Waals surface area contributed by atoms with E-state index in [1.54, 1.807) is 12.1 Å². The second-order valence-corrected chi connectivity index (χ2v) is 11.3. The number of fused-ring (bicyclic) bond motifs is 5. The lowest BCUT2D eigenvalue weighted by molar-refractivity contribution is -0.387. The zero-order valence-corrected chi connectivity index (χ0v) is 21.1. The van der Waals surface area contributed by atoms with E-state index >= 15 is 0 Å². The average Bonchev–Trinajstić information content (AvgIpc) is 3.23. The van der Waals surface area contributed by atoms with Gasteiger partial charge < -0.3 is 5.32 Å². The second kappa shape index (κ2) is 9.36. The van der Waals surface area contributed by atoms with Gasteiger partial charge in [-0.05, 0) is 46.4 Å². The van der Waals surface area contributed by atoms with Crippen LogP contribution in [0, 0.1) is 26.1 Å². The van der Waals surface area contributed by atoms with E-state index < -0.39 is 4.92 Å². The van der Waals surface area contributed by atoms with Crippen molar-refractivity contribution in [3.8, 4) is 0 Å². The molecule has 186 valence electrons. The molecule has 0 radical (unpaired) electrons. The monoisotopic (exact) mass is 531 g/mol. The van der Waals surface area contributed by atoms with Gasteiger partial charge in [0.1, 0.15) is 0 Å². The predicted molar refractivity (Wildman–Crippen MR) is 147 cm³/mol. The number of anilines is 1. The highest BCUT2D eigenvalue weighted by molar-refractivity contribution is 8.00. The van der Waals surface area contributed by atoms with Crippen molar-refractivity contribution in [1.29, 1.82) is 0 Å². The summed E-state index contributed by atoms with van der Waals surface area (Å²) in [6.07, 6.45) is 0.743. The van der Waals surface area contributed by atoms with Crippen LogP contribution < -0.4 is 5.32 Å². The lowest BCUT2D eigenvalue weighted by atomic mass is 9.75. The maximum atomic E-state index is 11.7. The topological polar surface area (TPSA) is 98.3 Å². The number of nitro groups is 2. The summed E-state index contributed by atoms with van der Waals surface area (Å²) in [6.45, 7) is 0. The summed E-state index contributed by atoms with van der Waals surface area (Å²) in [5, 5.41) is 28.5. The molecule has 1 aliphatic heterocycles. The SMILES string of the molecule is O=[N+]([O-])c1ccc([C@@H]2Nc3ccc4ccccc4c3[C@@H]3[C@@H](Cl)[C@@H](Sc4ccccc4[N+](=O)[O-])C[C@@H]32)cc1. The number of thioether (sulfide) groups is 1. The molecule has 1 fully saturated rings. The van der Waals surface area contributed by atoms with Gasteiger partial charge in [0, 0.05) is 35.1 Å². The molecule has 2 aliphatic rings. The number of halogens is 1. The molecule has 6 rings (SSSR count). The van der Waals surface area contributed by atoms with Crippen molar-refractivity contribution in [2.45, 2.75) is 33.9 Å². The second-order valence-electron chi connectivity index (χ2n) is 9.47. The van der Waals surface area contributed by atoms with Crippen LogP contribution in [0.3, 0.4) is 0 Å². The van der Waals surface area contributed by atoms with Crippen LogP contribution in [0.2, 0.25) is 0 Å². The van der Waals surface area contributed by atoms with E-state index in [1.165, 1.54) is 35.5 Å². The molecule has 1 heterocycles. The van der Waals surface area contributed by atoms with Crippen LogP contribution in [-0.2, 0) is 0 Å². The molecule has 1 saturated carbocycles. The molecule has 37 heavy (non-hydrogen) atoms. The van der Waals surface area contributed by atoms with Gasteiger partial charge in [0.15, 0.2) is 0 Å². The number of hydrogen-bond donors (Lipinski definition) is 1. The van der Waals surface area contributed by atoms with Gasteiger partial charge >= 0.3 is 0 Å². The molecule has 9 heteroatoms. The highest BCUT2D eigenvalue weighted by atomic mass is 35.5. The predicted octanol–water partition coefficient (Wildman–Crippen LogP) is 7.69. The molecule has 0 spiro atoms. The fourth-order valence-electron chi connectivity index (χ4n) is 5.90. The first kappa shape index (κ1) is 23.8. The van der Waals surface area contributed by atoms with Gasteiger partial charge in [0.05, 0.1) is 26.2 Å². The number of rotatable bonds is 5. The van der Waals surface area contributed by atoms with Crippen molar-refractivity contribution in [2.75, 3.05) is 5.32 Å². The minimum Gasteiger partial charge on any atom is -0.378 e. The van der Waals surface area contributed by atoms with E-state index in [1.807, 2.05) is 30.3 Å². The van der Waals surface area contributed by atoms with E-state index in [0.717, 1.165) is 28.4 Å². The molecule has 0 unspecified atom stereocenters. The van der Waals surface area contributed by atoms with E-state index in [-0.39, 0.29) is 44.8 Å². The Kier molecular flexibility index (Phi) is 6.01. The first-order valence-electron chi connectivity index (χ1n) is 12.0. The average molecular weight is 532 g/mol. The van der Waals surface area contributed by atoms with Gasteiger partial charge in [-0.15, -0.1) is 23.4 Å². The number of nitrogens with zero attached hydrogens (tertiary/aromatic N) is 2. The van der Waals surface area contributed by atoms with Crippen LogP contribution >= 0.6 is 23.4 Å². The summed E-state index contributed by atoms with van der Waals surface area (Å²) in [5.41, 5.74) is 3.27. The number of nitro benzene ring substituents is 2. The Labute approximate surface area is 222 Å². The Morgan fingerprint density at radius 1 is 0.865 bits per heavy atom. The Bertz CT molecular complexity index is 1530. The molecule has 0 saturated heterocycles. The Morgan fingerprint density at radius 3 is 2.35 bits per heavy atom. The van der Waals surface area contributed by atoms with Crippen molar-refractivity contribution >= 4 is 51.2 Å². The summed E-state index contributed by atoms with van der Waals surface area (Å²) in [5.74, 6) is 0.104. The molecule has 1 aliphatic carbocycles. The van der Waals surface area contributed by atoms with Crippen LogP contribution in [-0.4, -0.2) is 20.5 Å².